The number of aliphatic hydroxyl groups is 2. The minimum atomic E-state index is -0.983. The third kappa shape index (κ3) is 2.49. The summed E-state index contributed by atoms with van der Waals surface area (Å²) in [5, 5.41) is 19.6. The SMILES string of the molecule is CC(C)(C)C(O)C(O)c1cnccn1. The van der Waals surface area contributed by atoms with Crippen molar-refractivity contribution < 1.29 is 10.2 Å². The van der Waals surface area contributed by atoms with Crippen LogP contribution in [0.15, 0.2) is 18.6 Å². The van der Waals surface area contributed by atoms with E-state index in [1.54, 1.807) is 0 Å². The Balaban J connectivity index is 2.81. The molecule has 1 rings (SSSR count). The molecule has 0 aliphatic carbocycles. The highest BCUT2D eigenvalue weighted by Gasteiger charge is 2.30. The summed E-state index contributed by atoms with van der Waals surface area (Å²) in [5.41, 5.74) is 0.0200. The molecular formula is C10H16N2O2. The first-order valence-electron chi connectivity index (χ1n) is 4.55. The van der Waals surface area contributed by atoms with E-state index in [2.05, 4.69) is 9.97 Å². The van der Waals surface area contributed by atoms with Gasteiger partial charge in [0.05, 0.1) is 18.0 Å². The first kappa shape index (κ1) is 11.1. The van der Waals surface area contributed by atoms with E-state index in [4.69, 9.17) is 0 Å². The Morgan fingerprint density at radius 2 is 1.86 bits per heavy atom. The van der Waals surface area contributed by atoms with Crippen molar-refractivity contribution in [3.63, 3.8) is 0 Å². The molecule has 2 N–H and O–H groups in total. The first-order chi connectivity index (χ1) is 6.43. The van der Waals surface area contributed by atoms with E-state index in [1.807, 2.05) is 20.8 Å². The third-order valence-corrected chi connectivity index (χ3v) is 2.07. The molecule has 0 aliphatic rings. The minimum Gasteiger partial charge on any atom is -0.389 e. The van der Waals surface area contributed by atoms with Gasteiger partial charge >= 0.3 is 0 Å². The van der Waals surface area contributed by atoms with Crippen molar-refractivity contribution in [1.29, 1.82) is 0 Å². The Morgan fingerprint density at radius 1 is 1.21 bits per heavy atom. The molecule has 0 saturated heterocycles. The fraction of sp³-hybridized carbons (Fsp3) is 0.600. The van der Waals surface area contributed by atoms with Gasteiger partial charge in [-0.15, -0.1) is 0 Å². The summed E-state index contributed by atoms with van der Waals surface area (Å²) in [6.45, 7) is 5.58. The molecular weight excluding hydrogens is 180 g/mol. The van der Waals surface area contributed by atoms with Gasteiger partial charge in [-0.05, 0) is 5.41 Å². The van der Waals surface area contributed by atoms with Crippen LogP contribution in [0.2, 0.25) is 0 Å². The highest BCUT2D eigenvalue weighted by Crippen LogP contribution is 2.28. The van der Waals surface area contributed by atoms with Crippen molar-refractivity contribution in [1.82, 2.24) is 9.97 Å². The lowest BCUT2D eigenvalue weighted by Gasteiger charge is -2.29. The number of hydrogen-bond donors (Lipinski definition) is 2. The molecule has 0 saturated carbocycles. The number of aliphatic hydroxyl groups excluding tert-OH is 2. The highest BCUT2D eigenvalue weighted by molar-refractivity contribution is 5.03. The summed E-state index contributed by atoms with van der Waals surface area (Å²) in [5.74, 6) is 0. The van der Waals surface area contributed by atoms with E-state index in [0.717, 1.165) is 0 Å². The van der Waals surface area contributed by atoms with E-state index < -0.39 is 12.2 Å². The second-order valence-electron chi connectivity index (χ2n) is 4.39. The van der Waals surface area contributed by atoms with E-state index in [-0.39, 0.29) is 5.41 Å². The summed E-state index contributed by atoms with van der Waals surface area (Å²) in [4.78, 5) is 7.78. The number of nitrogens with zero attached hydrogens (tertiary/aromatic N) is 2. The Labute approximate surface area is 83.6 Å². The highest BCUT2D eigenvalue weighted by atomic mass is 16.3. The van der Waals surface area contributed by atoms with Crippen LogP contribution in [0.4, 0.5) is 0 Å². The van der Waals surface area contributed by atoms with Crippen LogP contribution in [0.25, 0.3) is 0 Å². The van der Waals surface area contributed by atoms with Gasteiger partial charge in [-0.2, -0.15) is 0 Å². The first-order valence-corrected chi connectivity index (χ1v) is 4.55. The number of hydrogen-bond acceptors (Lipinski definition) is 4. The molecule has 0 amide bonds. The van der Waals surface area contributed by atoms with Gasteiger partial charge < -0.3 is 10.2 Å². The van der Waals surface area contributed by atoms with Crippen LogP contribution in [0, 0.1) is 5.41 Å². The molecule has 4 heteroatoms. The van der Waals surface area contributed by atoms with E-state index in [1.165, 1.54) is 18.6 Å². The summed E-state index contributed by atoms with van der Waals surface area (Å²) in [6.07, 6.45) is 2.65. The second-order valence-corrected chi connectivity index (χ2v) is 4.39. The molecule has 0 aromatic carbocycles. The quantitative estimate of drug-likeness (QED) is 0.738. The third-order valence-electron chi connectivity index (χ3n) is 2.07. The zero-order valence-corrected chi connectivity index (χ0v) is 8.68. The van der Waals surface area contributed by atoms with Crippen LogP contribution in [-0.2, 0) is 0 Å². The van der Waals surface area contributed by atoms with Crippen molar-refractivity contribution in [2.45, 2.75) is 33.0 Å². The summed E-state index contributed by atoms with van der Waals surface area (Å²) >= 11 is 0. The molecule has 4 nitrogen and oxygen atoms in total. The van der Waals surface area contributed by atoms with Crippen LogP contribution >= 0.6 is 0 Å². The monoisotopic (exact) mass is 196 g/mol. The number of aromatic nitrogens is 2. The maximum absolute atomic E-state index is 9.79. The van der Waals surface area contributed by atoms with Crippen molar-refractivity contribution in [3.05, 3.63) is 24.3 Å². The van der Waals surface area contributed by atoms with Crippen LogP contribution < -0.4 is 0 Å². The average Bonchev–Trinajstić information content (AvgIpc) is 2.15. The molecule has 0 bridgehead atoms. The maximum Gasteiger partial charge on any atom is 0.124 e. The van der Waals surface area contributed by atoms with Gasteiger partial charge in [0.1, 0.15) is 6.10 Å². The smallest absolute Gasteiger partial charge is 0.124 e. The van der Waals surface area contributed by atoms with Gasteiger partial charge in [-0.3, -0.25) is 9.97 Å². The van der Waals surface area contributed by atoms with Gasteiger partial charge in [-0.25, -0.2) is 0 Å². The fourth-order valence-corrected chi connectivity index (χ4v) is 1.10. The van der Waals surface area contributed by atoms with Crippen LogP contribution in [-0.4, -0.2) is 26.3 Å². The van der Waals surface area contributed by atoms with Gasteiger partial charge in [0.25, 0.3) is 0 Å². The largest absolute Gasteiger partial charge is 0.389 e. The van der Waals surface area contributed by atoms with Crippen molar-refractivity contribution in [2.75, 3.05) is 0 Å². The Morgan fingerprint density at radius 3 is 2.29 bits per heavy atom. The molecule has 14 heavy (non-hydrogen) atoms. The molecule has 2 atom stereocenters. The van der Waals surface area contributed by atoms with Crippen LogP contribution in [0.1, 0.15) is 32.6 Å². The van der Waals surface area contributed by atoms with E-state index >= 15 is 0 Å². The summed E-state index contributed by atoms with van der Waals surface area (Å²) < 4.78 is 0. The van der Waals surface area contributed by atoms with Crippen LogP contribution in [0.3, 0.4) is 0 Å². The van der Waals surface area contributed by atoms with Gasteiger partial charge in [0.2, 0.25) is 0 Å². The predicted molar refractivity (Wildman–Crippen MR) is 52.5 cm³/mol. The summed E-state index contributed by atoms with van der Waals surface area (Å²) in [7, 11) is 0. The van der Waals surface area contributed by atoms with E-state index in [0.29, 0.717) is 5.69 Å². The predicted octanol–water partition coefficient (Wildman–Crippen LogP) is 0.917. The summed E-state index contributed by atoms with van der Waals surface area (Å²) in [6, 6.07) is 0. The molecule has 1 aromatic heterocycles. The van der Waals surface area contributed by atoms with Crippen molar-refractivity contribution >= 4 is 0 Å². The topological polar surface area (TPSA) is 66.2 Å². The Bertz CT molecular complexity index is 282. The lowest BCUT2D eigenvalue weighted by Crippen LogP contribution is -2.32. The zero-order valence-electron chi connectivity index (χ0n) is 8.68. The Kier molecular flexibility index (Phi) is 3.18. The minimum absolute atomic E-state index is 0.378. The average molecular weight is 196 g/mol. The fourth-order valence-electron chi connectivity index (χ4n) is 1.10. The Hall–Kier alpha value is -1.00. The lowest BCUT2D eigenvalue weighted by molar-refractivity contribution is -0.0478. The zero-order chi connectivity index (χ0) is 10.8. The molecule has 0 radical (unpaired) electrons. The van der Waals surface area contributed by atoms with Crippen molar-refractivity contribution in [3.8, 4) is 0 Å². The molecule has 1 aromatic rings. The second kappa shape index (κ2) is 4.02. The van der Waals surface area contributed by atoms with Gasteiger partial charge in [-0.1, -0.05) is 20.8 Å². The molecule has 78 valence electrons. The number of rotatable bonds is 2. The molecule has 0 aliphatic heterocycles. The molecule has 2 unspecified atom stereocenters. The molecule has 1 heterocycles. The van der Waals surface area contributed by atoms with E-state index in [9.17, 15) is 10.2 Å². The normalized spacial score (nSPS) is 16.4. The van der Waals surface area contributed by atoms with Gasteiger partial charge in [0, 0.05) is 12.4 Å². The van der Waals surface area contributed by atoms with Gasteiger partial charge in [0.15, 0.2) is 0 Å². The molecule has 0 fully saturated rings. The molecule has 0 spiro atoms. The maximum atomic E-state index is 9.79. The van der Waals surface area contributed by atoms with Crippen LogP contribution in [0.5, 0.6) is 0 Å². The lowest BCUT2D eigenvalue weighted by atomic mass is 9.85. The standard InChI is InChI=1S/C10H16N2O2/c1-10(2,3)9(14)8(13)7-6-11-4-5-12-7/h4-6,8-9,13-14H,1-3H3. The van der Waals surface area contributed by atoms with Crippen molar-refractivity contribution in [2.24, 2.45) is 5.41 Å².